The van der Waals surface area contributed by atoms with Crippen molar-refractivity contribution >= 4 is 29.1 Å². The molecule has 28 heavy (non-hydrogen) atoms. The lowest BCUT2D eigenvalue weighted by Crippen LogP contribution is -2.16. The fourth-order valence-corrected chi connectivity index (χ4v) is 2.66. The summed E-state index contributed by atoms with van der Waals surface area (Å²) >= 11 is 0. The highest BCUT2D eigenvalue weighted by molar-refractivity contribution is 6.03. The Morgan fingerprint density at radius 2 is 1.57 bits per heavy atom. The largest absolute Gasteiger partial charge is 0.465 e. The number of carbonyl (C=O) groups is 2. The molecule has 1 aromatic heterocycles. The molecule has 3 rings (SSSR count). The highest BCUT2D eigenvalue weighted by Gasteiger charge is 2.12. The number of aromatic nitrogens is 2. The summed E-state index contributed by atoms with van der Waals surface area (Å²) in [5.41, 5.74) is 4.15. The zero-order valence-corrected chi connectivity index (χ0v) is 15.8. The molecule has 0 spiro atoms. The van der Waals surface area contributed by atoms with Crippen molar-refractivity contribution in [2.24, 2.45) is 0 Å². The van der Waals surface area contributed by atoms with E-state index < -0.39 is 5.97 Å². The van der Waals surface area contributed by atoms with E-state index in [4.69, 9.17) is 0 Å². The number of rotatable bonds is 5. The third-order valence-electron chi connectivity index (χ3n) is 4.20. The number of amides is 1. The lowest BCUT2D eigenvalue weighted by molar-refractivity contribution is 0.0600. The third kappa shape index (κ3) is 4.32. The van der Waals surface area contributed by atoms with E-state index in [1.54, 1.807) is 36.4 Å². The van der Waals surface area contributed by atoms with Crippen LogP contribution in [0.4, 0.5) is 17.2 Å². The van der Waals surface area contributed by atoms with E-state index in [1.807, 2.05) is 32.0 Å². The number of nitrogens with one attached hydrogen (secondary N) is 2. The molecule has 2 aromatic carbocycles. The van der Waals surface area contributed by atoms with Crippen molar-refractivity contribution in [2.75, 3.05) is 17.7 Å². The Balaban J connectivity index is 1.68. The van der Waals surface area contributed by atoms with Gasteiger partial charge in [-0.2, -0.15) is 0 Å². The van der Waals surface area contributed by atoms with Crippen molar-refractivity contribution < 1.29 is 14.3 Å². The van der Waals surface area contributed by atoms with E-state index in [-0.39, 0.29) is 11.6 Å². The Morgan fingerprint density at radius 1 is 0.893 bits per heavy atom. The highest BCUT2D eigenvalue weighted by atomic mass is 16.5. The maximum absolute atomic E-state index is 12.4. The van der Waals surface area contributed by atoms with Crippen molar-refractivity contribution in [3.05, 3.63) is 77.0 Å². The number of para-hydroxylation sites is 1. The first-order valence-electron chi connectivity index (χ1n) is 8.64. The summed E-state index contributed by atoms with van der Waals surface area (Å²) in [5, 5.41) is 14.0. The van der Waals surface area contributed by atoms with Gasteiger partial charge in [-0.15, -0.1) is 10.2 Å². The van der Waals surface area contributed by atoms with E-state index in [1.165, 1.54) is 7.11 Å². The third-order valence-corrected chi connectivity index (χ3v) is 4.20. The monoisotopic (exact) mass is 376 g/mol. The Hall–Kier alpha value is -3.74. The molecule has 7 heteroatoms. The van der Waals surface area contributed by atoms with E-state index in [2.05, 4.69) is 25.6 Å². The Bertz CT molecular complexity index is 979. The SMILES string of the molecule is COC(=O)c1ccc(Nc2ccc(C(=O)Nc3c(C)cccc3C)nn2)cc1. The van der Waals surface area contributed by atoms with Crippen LogP contribution in [0.15, 0.2) is 54.6 Å². The van der Waals surface area contributed by atoms with Crippen molar-refractivity contribution in [3.63, 3.8) is 0 Å². The van der Waals surface area contributed by atoms with Gasteiger partial charge in [0.15, 0.2) is 11.5 Å². The minimum Gasteiger partial charge on any atom is -0.465 e. The lowest BCUT2D eigenvalue weighted by atomic mass is 10.1. The van der Waals surface area contributed by atoms with Crippen LogP contribution in [-0.4, -0.2) is 29.2 Å². The highest BCUT2D eigenvalue weighted by Crippen LogP contribution is 2.20. The summed E-state index contributed by atoms with van der Waals surface area (Å²) in [5.74, 6) is -0.237. The van der Waals surface area contributed by atoms with Crippen LogP contribution in [0.2, 0.25) is 0 Å². The zero-order chi connectivity index (χ0) is 20.1. The smallest absolute Gasteiger partial charge is 0.337 e. The lowest BCUT2D eigenvalue weighted by Gasteiger charge is -2.11. The van der Waals surface area contributed by atoms with Gasteiger partial charge in [-0.05, 0) is 61.4 Å². The average molecular weight is 376 g/mol. The second-order valence-corrected chi connectivity index (χ2v) is 6.22. The van der Waals surface area contributed by atoms with Crippen LogP contribution in [-0.2, 0) is 4.74 Å². The summed E-state index contributed by atoms with van der Waals surface area (Å²) in [6.07, 6.45) is 0. The van der Waals surface area contributed by atoms with Gasteiger partial charge in [0.1, 0.15) is 0 Å². The molecule has 0 radical (unpaired) electrons. The van der Waals surface area contributed by atoms with Crippen LogP contribution in [0.3, 0.4) is 0 Å². The molecule has 7 nitrogen and oxygen atoms in total. The van der Waals surface area contributed by atoms with Crippen LogP contribution in [0.5, 0.6) is 0 Å². The molecular weight excluding hydrogens is 356 g/mol. The van der Waals surface area contributed by atoms with Crippen molar-refractivity contribution in [1.82, 2.24) is 10.2 Å². The number of ether oxygens (including phenoxy) is 1. The quantitative estimate of drug-likeness (QED) is 0.657. The molecule has 2 N–H and O–H groups in total. The molecule has 0 atom stereocenters. The van der Waals surface area contributed by atoms with Gasteiger partial charge in [-0.3, -0.25) is 4.79 Å². The molecule has 0 aliphatic heterocycles. The number of carbonyl (C=O) groups excluding carboxylic acids is 2. The van der Waals surface area contributed by atoms with Gasteiger partial charge >= 0.3 is 5.97 Å². The molecule has 0 aliphatic rings. The molecule has 0 fully saturated rings. The summed E-state index contributed by atoms with van der Waals surface area (Å²) < 4.78 is 4.67. The molecule has 0 unspecified atom stereocenters. The van der Waals surface area contributed by atoms with E-state index in [0.29, 0.717) is 11.4 Å². The Morgan fingerprint density at radius 3 is 2.14 bits per heavy atom. The predicted molar refractivity (Wildman–Crippen MR) is 107 cm³/mol. The van der Waals surface area contributed by atoms with Gasteiger partial charge in [-0.1, -0.05) is 18.2 Å². The van der Waals surface area contributed by atoms with Crippen molar-refractivity contribution in [1.29, 1.82) is 0 Å². The number of hydrogen-bond acceptors (Lipinski definition) is 6. The zero-order valence-electron chi connectivity index (χ0n) is 15.8. The molecule has 3 aromatic rings. The first-order valence-corrected chi connectivity index (χ1v) is 8.64. The second kappa shape index (κ2) is 8.30. The predicted octanol–water partition coefficient (Wildman–Crippen LogP) is 3.88. The summed E-state index contributed by atoms with van der Waals surface area (Å²) in [7, 11) is 1.34. The summed E-state index contributed by atoms with van der Waals surface area (Å²) in [6, 6.07) is 15.8. The number of esters is 1. The normalized spacial score (nSPS) is 10.2. The van der Waals surface area contributed by atoms with Crippen LogP contribution < -0.4 is 10.6 Å². The maximum Gasteiger partial charge on any atom is 0.337 e. The molecule has 0 saturated heterocycles. The minimum absolute atomic E-state index is 0.217. The number of hydrogen-bond donors (Lipinski definition) is 2. The molecule has 0 saturated carbocycles. The Labute approximate surface area is 162 Å². The molecule has 1 heterocycles. The van der Waals surface area contributed by atoms with Crippen molar-refractivity contribution in [3.8, 4) is 0 Å². The number of aryl methyl sites for hydroxylation is 2. The van der Waals surface area contributed by atoms with Crippen LogP contribution in [0, 0.1) is 13.8 Å². The van der Waals surface area contributed by atoms with E-state index >= 15 is 0 Å². The van der Waals surface area contributed by atoms with Crippen LogP contribution in [0.1, 0.15) is 32.0 Å². The fraction of sp³-hybridized carbons (Fsp3) is 0.143. The topological polar surface area (TPSA) is 93.2 Å². The number of methoxy groups -OCH3 is 1. The number of benzene rings is 2. The summed E-state index contributed by atoms with van der Waals surface area (Å²) in [4.78, 5) is 23.9. The average Bonchev–Trinajstić information content (AvgIpc) is 2.71. The second-order valence-electron chi connectivity index (χ2n) is 6.22. The number of nitrogens with zero attached hydrogens (tertiary/aromatic N) is 2. The van der Waals surface area contributed by atoms with Gasteiger partial charge < -0.3 is 15.4 Å². The summed E-state index contributed by atoms with van der Waals surface area (Å²) in [6.45, 7) is 3.87. The van der Waals surface area contributed by atoms with Gasteiger partial charge in [-0.25, -0.2) is 4.79 Å². The fourth-order valence-electron chi connectivity index (χ4n) is 2.66. The molecule has 0 bridgehead atoms. The number of anilines is 3. The minimum atomic E-state index is -0.398. The van der Waals surface area contributed by atoms with Gasteiger partial charge in [0.05, 0.1) is 12.7 Å². The first kappa shape index (κ1) is 19.0. The standard InChI is InChI=1S/C21H20N4O3/c1-13-5-4-6-14(2)19(13)23-20(26)17-11-12-18(25-24-17)22-16-9-7-15(8-10-16)21(27)28-3/h4-12H,1-3H3,(H,22,25)(H,23,26). The van der Waals surface area contributed by atoms with E-state index in [9.17, 15) is 9.59 Å². The van der Waals surface area contributed by atoms with Gasteiger partial charge in [0.2, 0.25) is 0 Å². The maximum atomic E-state index is 12.4. The van der Waals surface area contributed by atoms with Gasteiger partial charge in [0, 0.05) is 11.4 Å². The Kier molecular flexibility index (Phi) is 5.64. The molecule has 1 amide bonds. The molecule has 142 valence electrons. The van der Waals surface area contributed by atoms with Crippen LogP contribution >= 0.6 is 0 Å². The van der Waals surface area contributed by atoms with Gasteiger partial charge in [0.25, 0.3) is 5.91 Å². The van der Waals surface area contributed by atoms with E-state index in [0.717, 1.165) is 22.5 Å². The van der Waals surface area contributed by atoms with Crippen LogP contribution in [0.25, 0.3) is 0 Å². The van der Waals surface area contributed by atoms with Crippen molar-refractivity contribution in [2.45, 2.75) is 13.8 Å². The molecule has 0 aliphatic carbocycles. The first-order chi connectivity index (χ1) is 13.5. The molecular formula is C21H20N4O3.